The number of hydrogen-bond acceptors (Lipinski definition) is 4. The normalized spacial score (nSPS) is 16.9. The summed E-state index contributed by atoms with van der Waals surface area (Å²) in [6.45, 7) is 0. The number of hydrogen-bond donors (Lipinski definition) is 2. The van der Waals surface area contributed by atoms with Gasteiger partial charge in [-0.15, -0.1) is 0 Å². The molecule has 2 N–H and O–H groups in total. The number of rotatable bonds is 4. The Bertz CT molecular complexity index is 426. The summed E-state index contributed by atoms with van der Waals surface area (Å²) < 4.78 is 28.4. The Morgan fingerprint density at radius 2 is 2.29 bits per heavy atom. The minimum absolute atomic E-state index is 0.107. The lowest BCUT2D eigenvalue weighted by Crippen LogP contribution is -2.31. The smallest absolute Gasteiger partial charge is 0.246 e. The number of aromatic nitrogens is 1. The van der Waals surface area contributed by atoms with Gasteiger partial charge in [0.15, 0.2) is 5.13 Å². The molecule has 1 aliphatic carbocycles. The van der Waals surface area contributed by atoms with Crippen molar-refractivity contribution < 1.29 is 8.42 Å². The quantitative estimate of drug-likeness (QED) is 0.880. The minimum Gasteiger partial charge on any atom is -0.246 e. The van der Waals surface area contributed by atoms with Gasteiger partial charge in [0.1, 0.15) is 0 Å². The average molecular weight is 298 g/mol. The Morgan fingerprint density at radius 1 is 1.57 bits per heavy atom. The average Bonchev–Trinajstić information content (AvgIpc) is 2.74. The summed E-state index contributed by atoms with van der Waals surface area (Å²) in [4.78, 5) is 3.87. The number of anilines is 1. The highest BCUT2D eigenvalue weighted by Crippen LogP contribution is 2.25. The predicted octanol–water partition coefficient (Wildman–Crippen LogP) is 1.31. The third-order valence-corrected chi connectivity index (χ3v) is 4.22. The summed E-state index contributed by atoms with van der Waals surface area (Å²) >= 11 is 4.44. The summed E-state index contributed by atoms with van der Waals surface area (Å²) in [7, 11) is -3.43. The standard InChI is InChI=1S/C6H8BrN3O2S2/c7-5-3-8-6(13-5)10-14(11,12)9-4-1-2-4/h3-4,9H,1-2H2,(H,8,10). The van der Waals surface area contributed by atoms with Crippen LogP contribution in [-0.4, -0.2) is 19.4 Å². The molecule has 0 unspecified atom stereocenters. The van der Waals surface area contributed by atoms with Gasteiger partial charge >= 0.3 is 10.2 Å². The SMILES string of the molecule is O=S(=O)(Nc1ncc(Br)s1)NC1CC1. The van der Waals surface area contributed by atoms with Crippen LogP contribution in [0.1, 0.15) is 12.8 Å². The maximum atomic E-state index is 11.4. The summed E-state index contributed by atoms with van der Waals surface area (Å²) in [5, 5.41) is 0.366. The van der Waals surface area contributed by atoms with E-state index in [1.807, 2.05) is 0 Å². The molecular weight excluding hydrogens is 290 g/mol. The molecule has 2 rings (SSSR count). The van der Waals surface area contributed by atoms with E-state index in [0.717, 1.165) is 16.6 Å². The Kier molecular flexibility index (Phi) is 2.78. The second-order valence-electron chi connectivity index (χ2n) is 2.97. The fourth-order valence-electron chi connectivity index (χ4n) is 0.867. The number of nitrogens with zero attached hydrogens (tertiary/aromatic N) is 1. The Hall–Kier alpha value is -0.180. The van der Waals surface area contributed by atoms with Crippen molar-refractivity contribution in [3.63, 3.8) is 0 Å². The van der Waals surface area contributed by atoms with Crippen LogP contribution in [0.5, 0.6) is 0 Å². The van der Waals surface area contributed by atoms with Crippen molar-refractivity contribution >= 4 is 42.6 Å². The summed E-state index contributed by atoms with van der Waals surface area (Å²) in [5.74, 6) is 0. The highest BCUT2D eigenvalue weighted by molar-refractivity contribution is 9.11. The van der Waals surface area contributed by atoms with Crippen molar-refractivity contribution in [1.82, 2.24) is 9.71 Å². The molecule has 1 fully saturated rings. The van der Waals surface area contributed by atoms with Crippen LogP contribution in [0.4, 0.5) is 5.13 Å². The van der Waals surface area contributed by atoms with E-state index < -0.39 is 10.2 Å². The van der Waals surface area contributed by atoms with E-state index in [0.29, 0.717) is 5.13 Å². The number of halogens is 1. The van der Waals surface area contributed by atoms with Crippen LogP contribution in [-0.2, 0) is 10.2 Å². The minimum atomic E-state index is -3.43. The molecule has 0 aromatic carbocycles. The number of nitrogens with one attached hydrogen (secondary N) is 2. The summed E-state index contributed by atoms with van der Waals surface area (Å²) in [5.41, 5.74) is 0. The maximum Gasteiger partial charge on any atom is 0.301 e. The van der Waals surface area contributed by atoms with Crippen LogP contribution in [0.15, 0.2) is 9.98 Å². The van der Waals surface area contributed by atoms with Gasteiger partial charge in [-0.05, 0) is 28.8 Å². The molecule has 14 heavy (non-hydrogen) atoms. The molecule has 1 saturated carbocycles. The van der Waals surface area contributed by atoms with Gasteiger partial charge < -0.3 is 0 Å². The zero-order valence-electron chi connectivity index (χ0n) is 7.03. The van der Waals surface area contributed by atoms with E-state index in [4.69, 9.17) is 0 Å². The van der Waals surface area contributed by atoms with Crippen molar-refractivity contribution in [1.29, 1.82) is 0 Å². The molecule has 1 aromatic rings. The van der Waals surface area contributed by atoms with E-state index >= 15 is 0 Å². The Labute approximate surface area is 94.2 Å². The van der Waals surface area contributed by atoms with Gasteiger partial charge in [-0.25, -0.2) is 9.71 Å². The van der Waals surface area contributed by atoms with Gasteiger partial charge in [-0.1, -0.05) is 11.3 Å². The van der Waals surface area contributed by atoms with Crippen LogP contribution >= 0.6 is 27.3 Å². The van der Waals surface area contributed by atoms with E-state index in [1.165, 1.54) is 11.3 Å². The zero-order valence-corrected chi connectivity index (χ0v) is 10.2. The van der Waals surface area contributed by atoms with Crippen LogP contribution in [0.3, 0.4) is 0 Å². The molecule has 0 amide bonds. The van der Waals surface area contributed by atoms with E-state index in [-0.39, 0.29) is 6.04 Å². The second-order valence-corrected chi connectivity index (χ2v) is 6.82. The summed E-state index contributed by atoms with van der Waals surface area (Å²) in [6.07, 6.45) is 3.39. The predicted molar refractivity (Wildman–Crippen MR) is 58.5 cm³/mol. The maximum absolute atomic E-state index is 11.4. The lowest BCUT2D eigenvalue weighted by molar-refractivity contribution is 0.586. The van der Waals surface area contributed by atoms with Gasteiger partial charge in [-0.3, -0.25) is 0 Å². The van der Waals surface area contributed by atoms with Gasteiger partial charge in [-0.2, -0.15) is 13.1 Å². The molecule has 0 spiro atoms. The second kappa shape index (κ2) is 3.76. The molecule has 1 aliphatic rings. The van der Waals surface area contributed by atoms with Crippen molar-refractivity contribution in [2.75, 3.05) is 4.72 Å². The topological polar surface area (TPSA) is 71.1 Å². The fraction of sp³-hybridized carbons (Fsp3) is 0.500. The molecule has 0 radical (unpaired) electrons. The fourth-order valence-corrected chi connectivity index (χ4v) is 3.34. The molecule has 1 heterocycles. The third kappa shape index (κ3) is 2.91. The van der Waals surface area contributed by atoms with Crippen molar-refractivity contribution in [2.24, 2.45) is 0 Å². The van der Waals surface area contributed by atoms with E-state index in [1.54, 1.807) is 6.20 Å². The molecule has 78 valence electrons. The van der Waals surface area contributed by atoms with E-state index in [2.05, 4.69) is 30.4 Å². The lowest BCUT2D eigenvalue weighted by Gasteiger charge is -2.04. The van der Waals surface area contributed by atoms with Crippen molar-refractivity contribution in [3.8, 4) is 0 Å². The lowest BCUT2D eigenvalue weighted by atomic mass is 10.8. The van der Waals surface area contributed by atoms with Crippen LogP contribution < -0.4 is 9.44 Å². The Balaban J connectivity index is 2.01. The van der Waals surface area contributed by atoms with E-state index in [9.17, 15) is 8.42 Å². The molecule has 1 aromatic heterocycles. The molecule has 0 aliphatic heterocycles. The molecular formula is C6H8BrN3O2S2. The van der Waals surface area contributed by atoms with Crippen LogP contribution in [0.25, 0.3) is 0 Å². The molecule has 0 saturated heterocycles. The monoisotopic (exact) mass is 297 g/mol. The Morgan fingerprint density at radius 3 is 2.79 bits per heavy atom. The van der Waals surface area contributed by atoms with Crippen molar-refractivity contribution in [2.45, 2.75) is 18.9 Å². The summed E-state index contributed by atoms with van der Waals surface area (Å²) in [6, 6.07) is 0.107. The first kappa shape index (κ1) is 10.3. The van der Waals surface area contributed by atoms with Gasteiger partial charge in [0.05, 0.1) is 9.98 Å². The largest absolute Gasteiger partial charge is 0.301 e. The van der Waals surface area contributed by atoms with Crippen molar-refractivity contribution in [3.05, 3.63) is 9.98 Å². The highest BCUT2D eigenvalue weighted by Gasteiger charge is 2.27. The van der Waals surface area contributed by atoms with Gasteiger partial charge in [0.25, 0.3) is 0 Å². The first-order chi connectivity index (χ1) is 6.55. The molecule has 0 bridgehead atoms. The third-order valence-electron chi connectivity index (χ3n) is 1.60. The van der Waals surface area contributed by atoms with Gasteiger partial charge in [0.2, 0.25) is 0 Å². The zero-order chi connectivity index (χ0) is 10.2. The van der Waals surface area contributed by atoms with Crippen LogP contribution in [0.2, 0.25) is 0 Å². The molecule has 0 atom stereocenters. The molecule has 5 nitrogen and oxygen atoms in total. The first-order valence-corrected chi connectivity index (χ1v) is 7.06. The molecule has 8 heteroatoms. The number of thiazole rings is 1. The first-order valence-electron chi connectivity index (χ1n) is 3.96. The van der Waals surface area contributed by atoms with Crippen LogP contribution in [0, 0.1) is 0 Å². The van der Waals surface area contributed by atoms with Gasteiger partial charge in [0, 0.05) is 6.04 Å². The highest BCUT2D eigenvalue weighted by atomic mass is 79.9.